The van der Waals surface area contributed by atoms with Crippen molar-refractivity contribution < 1.29 is 19.1 Å². The van der Waals surface area contributed by atoms with Crippen molar-refractivity contribution in [2.24, 2.45) is 0 Å². The van der Waals surface area contributed by atoms with Crippen LogP contribution in [0.15, 0.2) is 42.5 Å². The minimum atomic E-state index is -0.687. The molecule has 0 saturated carbocycles. The standard InChI is InChI=1S/C24H31ClN2O4/c1-16-12-20(10-11-21(16)25)31-15-22(28)27(17(2)23(29)26-24(3,4)5)14-18-8-7-9-19(13-18)30-6/h7-13,17H,14-15H2,1-6H3,(H,26,29)/t17-/m0/s1. The van der Waals surface area contributed by atoms with E-state index < -0.39 is 11.6 Å². The van der Waals surface area contributed by atoms with Gasteiger partial charge in [-0.25, -0.2) is 0 Å². The maximum absolute atomic E-state index is 13.1. The monoisotopic (exact) mass is 446 g/mol. The number of amides is 2. The zero-order valence-corrected chi connectivity index (χ0v) is 19.7. The van der Waals surface area contributed by atoms with Crippen molar-refractivity contribution in [1.82, 2.24) is 10.2 Å². The van der Waals surface area contributed by atoms with E-state index in [1.54, 1.807) is 32.2 Å². The fourth-order valence-corrected chi connectivity index (χ4v) is 3.08. The number of hydrogen-bond acceptors (Lipinski definition) is 4. The largest absolute Gasteiger partial charge is 0.497 e. The number of ether oxygens (including phenoxy) is 2. The highest BCUT2D eigenvalue weighted by Gasteiger charge is 2.28. The van der Waals surface area contributed by atoms with Crippen LogP contribution in [0.5, 0.6) is 11.5 Å². The Balaban J connectivity index is 2.20. The molecule has 2 rings (SSSR count). The predicted molar refractivity (Wildman–Crippen MR) is 123 cm³/mol. The number of nitrogens with one attached hydrogen (secondary N) is 1. The summed E-state index contributed by atoms with van der Waals surface area (Å²) < 4.78 is 11.0. The van der Waals surface area contributed by atoms with Gasteiger partial charge in [0.05, 0.1) is 7.11 Å². The molecule has 1 N–H and O–H groups in total. The number of aryl methyl sites for hydroxylation is 1. The molecule has 0 aliphatic carbocycles. The van der Waals surface area contributed by atoms with Crippen LogP contribution in [-0.4, -0.2) is 42.0 Å². The predicted octanol–water partition coefficient (Wildman–Crippen LogP) is 4.37. The molecule has 0 aliphatic heterocycles. The zero-order chi connectivity index (χ0) is 23.2. The zero-order valence-electron chi connectivity index (χ0n) is 19.0. The third-order valence-corrected chi connectivity index (χ3v) is 5.07. The molecule has 0 unspecified atom stereocenters. The molecule has 0 saturated heterocycles. The molecule has 0 aliphatic rings. The molecule has 31 heavy (non-hydrogen) atoms. The summed E-state index contributed by atoms with van der Waals surface area (Å²) in [5.41, 5.74) is 1.30. The number of halogens is 1. The number of carbonyl (C=O) groups is 2. The lowest BCUT2D eigenvalue weighted by Gasteiger charge is -2.31. The molecule has 2 amide bonds. The molecule has 0 aromatic heterocycles. The maximum atomic E-state index is 13.1. The first-order valence-corrected chi connectivity index (χ1v) is 10.5. The average molecular weight is 447 g/mol. The molecular formula is C24H31ClN2O4. The Morgan fingerprint density at radius 3 is 2.45 bits per heavy atom. The van der Waals surface area contributed by atoms with Crippen LogP contribution < -0.4 is 14.8 Å². The van der Waals surface area contributed by atoms with Crippen molar-refractivity contribution >= 4 is 23.4 Å². The highest BCUT2D eigenvalue weighted by atomic mass is 35.5. The average Bonchev–Trinajstić information content (AvgIpc) is 2.71. The van der Waals surface area contributed by atoms with Gasteiger partial charge in [-0.2, -0.15) is 0 Å². The van der Waals surface area contributed by atoms with E-state index >= 15 is 0 Å². The Hall–Kier alpha value is -2.73. The summed E-state index contributed by atoms with van der Waals surface area (Å²) in [6.45, 7) is 9.33. The van der Waals surface area contributed by atoms with Gasteiger partial charge in [-0.05, 0) is 76.1 Å². The Labute approximate surface area is 189 Å². The number of rotatable bonds is 8. The smallest absolute Gasteiger partial charge is 0.261 e. The highest BCUT2D eigenvalue weighted by molar-refractivity contribution is 6.31. The van der Waals surface area contributed by atoms with Gasteiger partial charge in [-0.3, -0.25) is 9.59 Å². The molecule has 6 nitrogen and oxygen atoms in total. The lowest BCUT2D eigenvalue weighted by Crippen LogP contribution is -2.53. The van der Waals surface area contributed by atoms with Crippen LogP contribution in [-0.2, 0) is 16.1 Å². The molecule has 1 atom stereocenters. The quantitative estimate of drug-likeness (QED) is 0.653. The molecule has 0 radical (unpaired) electrons. The number of benzene rings is 2. The van der Waals surface area contributed by atoms with E-state index in [1.165, 1.54) is 4.90 Å². The van der Waals surface area contributed by atoms with Gasteiger partial charge in [0.1, 0.15) is 17.5 Å². The summed E-state index contributed by atoms with van der Waals surface area (Å²) in [5.74, 6) is 0.700. The number of hydrogen-bond donors (Lipinski definition) is 1. The molecule has 168 valence electrons. The molecular weight excluding hydrogens is 416 g/mol. The molecule has 2 aromatic rings. The van der Waals surface area contributed by atoms with Crippen LogP contribution in [0.4, 0.5) is 0 Å². The first kappa shape index (κ1) is 24.5. The number of nitrogens with zero attached hydrogens (tertiary/aromatic N) is 1. The maximum Gasteiger partial charge on any atom is 0.261 e. The fourth-order valence-electron chi connectivity index (χ4n) is 2.96. The van der Waals surface area contributed by atoms with Gasteiger partial charge in [0, 0.05) is 17.1 Å². The summed E-state index contributed by atoms with van der Waals surface area (Å²) in [6.07, 6.45) is 0. The summed E-state index contributed by atoms with van der Waals surface area (Å²) >= 11 is 6.05. The summed E-state index contributed by atoms with van der Waals surface area (Å²) in [7, 11) is 1.59. The second-order valence-electron chi connectivity index (χ2n) is 8.49. The molecule has 0 fully saturated rings. The van der Waals surface area contributed by atoms with Crippen LogP contribution in [0.2, 0.25) is 5.02 Å². The van der Waals surface area contributed by atoms with Gasteiger partial charge < -0.3 is 19.7 Å². The number of carbonyl (C=O) groups excluding carboxylic acids is 2. The summed E-state index contributed by atoms with van der Waals surface area (Å²) in [5, 5.41) is 3.57. The lowest BCUT2D eigenvalue weighted by molar-refractivity contribution is -0.142. The summed E-state index contributed by atoms with van der Waals surface area (Å²) in [6, 6.07) is 11.9. The van der Waals surface area contributed by atoms with E-state index in [9.17, 15) is 9.59 Å². The van der Waals surface area contributed by atoms with E-state index in [2.05, 4.69) is 5.32 Å². The molecule has 2 aromatic carbocycles. The lowest BCUT2D eigenvalue weighted by atomic mass is 10.1. The van der Waals surface area contributed by atoms with Crippen LogP contribution in [0.25, 0.3) is 0 Å². The van der Waals surface area contributed by atoms with Gasteiger partial charge in [0.15, 0.2) is 6.61 Å². The van der Waals surface area contributed by atoms with Gasteiger partial charge in [-0.15, -0.1) is 0 Å². The SMILES string of the molecule is COc1cccc(CN(C(=O)COc2ccc(Cl)c(C)c2)[C@@H](C)C(=O)NC(C)(C)C)c1. The number of methoxy groups -OCH3 is 1. The minimum Gasteiger partial charge on any atom is -0.497 e. The molecule has 0 heterocycles. The van der Waals surface area contributed by atoms with Crippen molar-refractivity contribution in [1.29, 1.82) is 0 Å². The Morgan fingerprint density at radius 1 is 1.13 bits per heavy atom. The van der Waals surface area contributed by atoms with Crippen molar-refractivity contribution in [2.45, 2.75) is 52.7 Å². The van der Waals surface area contributed by atoms with Crippen LogP contribution in [0, 0.1) is 6.92 Å². The third kappa shape index (κ3) is 7.47. The van der Waals surface area contributed by atoms with Gasteiger partial charge in [-0.1, -0.05) is 23.7 Å². The normalized spacial score (nSPS) is 12.1. The van der Waals surface area contributed by atoms with Crippen LogP contribution in [0.1, 0.15) is 38.8 Å². The van der Waals surface area contributed by atoms with Gasteiger partial charge in [0.2, 0.25) is 5.91 Å². The van der Waals surface area contributed by atoms with Crippen molar-refractivity contribution in [3.05, 3.63) is 58.6 Å². The van der Waals surface area contributed by atoms with Gasteiger partial charge >= 0.3 is 0 Å². The Bertz CT molecular complexity index is 924. The first-order valence-electron chi connectivity index (χ1n) is 10.1. The Morgan fingerprint density at radius 2 is 1.84 bits per heavy atom. The van der Waals surface area contributed by atoms with Crippen LogP contribution >= 0.6 is 11.6 Å². The minimum absolute atomic E-state index is 0.196. The highest BCUT2D eigenvalue weighted by Crippen LogP contribution is 2.21. The fraction of sp³-hybridized carbons (Fsp3) is 0.417. The van der Waals surface area contributed by atoms with E-state index in [-0.39, 0.29) is 25.0 Å². The topological polar surface area (TPSA) is 67.9 Å². The summed E-state index contributed by atoms with van der Waals surface area (Å²) in [4.78, 5) is 27.4. The van der Waals surface area contributed by atoms with E-state index in [0.717, 1.165) is 11.1 Å². The van der Waals surface area contributed by atoms with Gasteiger partial charge in [0.25, 0.3) is 5.91 Å². The van der Waals surface area contributed by atoms with Crippen molar-refractivity contribution in [3.63, 3.8) is 0 Å². The van der Waals surface area contributed by atoms with Crippen molar-refractivity contribution in [3.8, 4) is 11.5 Å². The first-order chi connectivity index (χ1) is 14.5. The Kier molecular flexibility index (Phi) is 8.34. The van der Waals surface area contributed by atoms with E-state index in [0.29, 0.717) is 16.5 Å². The third-order valence-electron chi connectivity index (χ3n) is 4.64. The molecule has 0 bridgehead atoms. The molecule has 0 spiro atoms. The van der Waals surface area contributed by atoms with E-state index in [4.69, 9.17) is 21.1 Å². The molecule has 7 heteroatoms. The van der Waals surface area contributed by atoms with E-state index in [1.807, 2.05) is 52.0 Å². The second-order valence-corrected chi connectivity index (χ2v) is 8.90. The van der Waals surface area contributed by atoms with Crippen molar-refractivity contribution in [2.75, 3.05) is 13.7 Å². The second kappa shape index (κ2) is 10.5. The van der Waals surface area contributed by atoms with Crippen LogP contribution in [0.3, 0.4) is 0 Å².